The molecule has 0 saturated heterocycles. The van der Waals surface area contributed by atoms with E-state index in [1.165, 1.54) is 10.8 Å². The summed E-state index contributed by atoms with van der Waals surface area (Å²) in [5.74, 6) is 0.410. The molecule has 0 fully saturated rings. The highest BCUT2D eigenvalue weighted by molar-refractivity contribution is 6.33. The van der Waals surface area contributed by atoms with Crippen LogP contribution in [-0.4, -0.2) is 12.1 Å². The lowest BCUT2D eigenvalue weighted by molar-refractivity contribution is 0.0955. The van der Waals surface area contributed by atoms with Crippen LogP contribution >= 0.6 is 11.6 Å². The van der Waals surface area contributed by atoms with Gasteiger partial charge in [-0.3, -0.25) is 4.79 Å². The van der Waals surface area contributed by atoms with Gasteiger partial charge in [-0.15, -0.1) is 0 Å². The van der Waals surface area contributed by atoms with Gasteiger partial charge in [0.15, 0.2) is 0 Å². The number of fused-ring (bicyclic) bond motifs is 1. The molecule has 0 aliphatic carbocycles. The van der Waals surface area contributed by atoms with Crippen LogP contribution in [0.4, 0.5) is 0 Å². The predicted octanol–water partition coefficient (Wildman–Crippen LogP) is 5.84. The largest absolute Gasteiger partial charge is 0.489 e. The number of benzene rings is 4. The number of rotatable bonds is 6. The van der Waals surface area contributed by atoms with Crippen molar-refractivity contribution in [2.24, 2.45) is 5.10 Å². The van der Waals surface area contributed by atoms with E-state index < -0.39 is 0 Å². The zero-order chi connectivity index (χ0) is 20.8. The molecular weight excluding hydrogens is 396 g/mol. The van der Waals surface area contributed by atoms with Gasteiger partial charge in [0.25, 0.3) is 5.91 Å². The lowest BCUT2D eigenvalue weighted by atomic mass is 10.1. The Bertz CT molecular complexity index is 1200. The molecule has 148 valence electrons. The third-order valence-electron chi connectivity index (χ3n) is 4.60. The van der Waals surface area contributed by atoms with Gasteiger partial charge in [-0.2, -0.15) is 5.10 Å². The first-order valence-electron chi connectivity index (χ1n) is 9.47. The minimum atomic E-state index is -0.354. The SMILES string of the molecule is O=C(N/N=C\c1ccc(OCc2ccc3ccccc3c2)cc1)c1ccccc1Cl. The molecule has 0 atom stereocenters. The van der Waals surface area contributed by atoms with E-state index in [0.29, 0.717) is 17.2 Å². The predicted molar refractivity (Wildman–Crippen MR) is 121 cm³/mol. The van der Waals surface area contributed by atoms with Crippen LogP contribution in [0.1, 0.15) is 21.5 Å². The van der Waals surface area contributed by atoms with Gasteiger partial charge in [0.05, 0.1) is 16.8 Å². The molecule has 0 spiro atoms. The molecule has 4 rings (SSSR count). The Kier molecular flexibility index (Phi) is 6.06. The molecule has 0 aromatic heterocycles. The summed E-state index contributed by atoms with van der Waals surface area (Å²) >= 11 is 6.01. The van der Waals surface area contributed by atoms with Crippen molar-refractivity contribution in [1.82, 2.24) is 5.43 Å². The van der Waals surface area contributed by atoms with Crippen LogP contribution in [-0.2, 0) is 6.61 Å². The Morgan fingerprint density at radius 1 is 0.900 bits per heavy atom. The normalized spacial score (nSPS) is 11.0. The first kappa shape index (κ1) is 19.7. The van der Waals surface area contributed by atoms with Crippen molar-refractivity contribution >= 4 is 34.5 Å². The van der Waals surface area contributed by atoms with Gasteiger partial charge in [0.2, 0.25) is 0 Å². The molecular formula is C25H19ClN2O2. The fourth-order valence-electron chi connectivity index (χ4n) is 3.02. The highest BCUT2D eigenvalue weighted by Crippen LogP contribution is 2.18. The van der Waals surface area contributed by atoms with Crippen LogP contribution in [0.25, 0.3) is 10.8 Å². The molecule has 0 radical (unpaired) electrons. The summed E-state index contributed by atoms with van der Waals surface area (Å²) in [6.45, 7) is 0.492. The molecule has 1 N–H and O–H groups in total. The number of ether oxygens (including phenoxy) is 1. The van der Waals surface area contributed by atoms with Crippen molar-refractivity contribution in [3.05, 3.63) is 113 Å². The van der Waals surface area contributed by atoms with Gasteiger partial charge in [-0.05, 0) is 64.4 Å². The molecule has 0 heterocycles. The van der Waals surface area contributed by atoms with Crippen LogP contribution in [0.15, 0.2) is 96.1 Å². The minimum absolute atomic E-state index is 0.354. The van der Waals surface area contributed by atoms with Gasteiger partial charge in [0.1, 0.15) is 12.4 Å². The molecule has 0 aliphatic heterocycles. The summed E-state index contributed by atoms with van der Waals surface area (Å²) < 4.78 is 5.88. The highest BCUT2D eigenvalue weighted by Gasteiger charge is 2.07. The van der Waals surface area contributed by atoms with Crippen molar-refractivity contribution in [1.29, 1.82) is 0 Å². The lowest BCUT2D eigenvalue weighted by Crippen LogP contribution is -2.17. The number of carbonyl (C=O) groups is 1. The van der Waals surface area contributed by atoms with Crippen LogP contribution in [0.2, 0.25) is 5.02 Å². The molecule has 4 aromatic carbocycles. The highest BCUT2D eigenvalue weighted by atomic mass is 35.5. The maximum absolute atomic E-state index is 12.1. The zero-order valence-corrected chi connectivity index (χ0v) is 16.8. The topological polar surface area (TPSA) is 50.7 Å². The number of amides is 1. The molecule has 0 unspecified atom stereocenters. The second kappa shape index (κ2) is 9.25. The minimum Gasteiger partial charge on any atom is -0.489 e. The maximum atomic E-state index is 12.1. The van der Waals surface area contributed by atoms with Gasteiger partial charge in [0, 0.05) is 0 Å². The molecule has 4 aromatic rings. The Hall–Kier alpha value is -3.63. The summed E-state index contributed by atoms with van der Waals surface area (Å²) in [4.78, 5) is 12.1. The number of nitrogens with zero attached hydrogens (tertiary/aromatic N) is 1. The molecule has 30 heavy (non-hydrogen) atoms. The smallest absolute Gasteiger partial charge is 0.272 e. The Labute approximate surface area is 179 Å². The van der Waals surface area contributed by atoms with Gasteiger partial charge >= 0.3 is 0 Å². The van der Waals surface area contributed by atoms with E-state index in [0.717, 1.165) is 16.9 Å². The van der Waals surface area contributed by atoms with Crippen molar-refractivity contribution in [3.8, 4) is 5.75 Å². The fraction of sp³-hybridized carbons (Fsp3) is 0.0400. The standard InChI is InChI=1S/C25H19ClN2O2/c26-24-8-4-3-7-23(24)25(29)28-27-16-18-10-13-22(14-11-18)30-17-19-9-12-20-5-1-2-6-21(20)15-19/h1-16H,17H2,(H,28,29)/b27-16-. The molecule has 0 saturated carbocycles. The first-order chi connectivity index (χ1) is 14.7. The average molecular weight is 415 g/mol. The average Bonchev–Trinajstić information content (AvgIpc) is 2.78. The second-order valence-corrected chi connectivity index (χ2v) is 7.13. The third kappa shape index (κ3) is 4.85. The molecule has 0 bridgehead atoms. The lowest BCUT2D eigenvalue weighted by Gasteiger charge is -2.07. The fourth-order valence-corrected chi connectivity index (χ4v) is 3.24. The number of hydrogen-bond donors (Lipinski definition) is 1. The van der Waals surface area contributed by atoms with Gasteiger partial charge < -0.3 is 4.74 Å². The molecule has 5 heteroatoms. The van der Waals surface area contributed by atoms with E-state index in [2.05, 4.69) is 40.9 Å². The Morgan fingerprint density at radius 2 is 1.63 bits per heavy atom. The third-order valence-corrected chi connectivity index (χ3v) is 4.93. The van der Waals surface area contributed by atoms with Crippen LogP contribution in [0.3, 0.4) is 0 Å². The van der Waals surface area contributed by atoms with E-state index >= 15 is 0 Å². The van der Waals surface area contributed by atoms with Gasteiger partial charge in [-0.1, -0.05) is 60.1 Å². The summed E-state index contributed by atoms with van der Waals surface area (Å²) in [6.07, 6.45) is 1.57. The van der Waals surface area contributed by atoms with Crippen LogP contribution in [0.5, 0.6) is 5.75 Å². The van der Waals surface area contributed by atoms with Gasteiger partial charge in [-0.25, -0.2) is 5.43 Å². The van der Waals surface area contributed by atoms with Crippen molar-refractivity contribution in [2.75, 3.05) is 0 Å². The van der Waals surface area contributed by atoms with E-state index in [1.54, 1.807) is 30.5 Å². The number of hydrazone groups is 1. The van der Waals surface area contributed by atoms with Crippen LogP contribution < -0.4 is 10.2 Å². The molecule has 0 aliphatic rings. The van der Waals surface area contributed by atoms with E-state index in [9.17, 15) is 4.79 Å². The first-order valence-corrected chi connectivity index (χ1v) is 9.85. The van der Waals surface area contributed by atoms with E-state index in [4.69, 9.17) is 16.3 Å². The zero-order valence-electron chi connectivity index (χ0n) is 16.1. The Morgan fingerprint density at radius 3 is 2.43 bits per heavy atom. The quantitative estimate of drug-likeness (QED) is 0.318. The molecule has 4 nitrogen and oxygen atoms in total. The maximum Gasteiger partial charge on any atom is 0.272 e. The van der Waals surface area contributed by atoms with E-state index in [1.807, 2.05) is 36.4 Å². The number of nitrogens with one attached hydrogen (secondary N) is 1. The van der Waals surface area contributed by atoms with Crippen molar-refractivity contribution < 1.29 is 9.53 Å². The number of halogens is 1. The summed E-state index contributed by atoms with van der Waals surface area (Å²) in [7, 11) is 0. The number of carbonyl (C=O) groups excluding carboxylic acids is 1. The number of hydrogen-bond acceptors (Lipinski definition) is 3. The second-order valence-electron chi connectivity index (χ2n) is 6.72. The summed E-state index contributed by atoms with van der Waals surface area (Å²) in [5.41, 5.74) is 4.81. The molecule has 1 amide bonds. The van der Waals surface area contributed by atoms with E-state index in [-0.39, 0.29) is 5.91 Å². The Balaban J connectivity index is 1.32. The summed E-state index contributed by atoms with van der Waals surface area (Å²) in [5, 5.41) is 6.79. The van der Waals surface area contributed by atoms with Crippen molar-refractivity contribution in [3.63, 3.8) is 0 Å². The monoisotopic (exact) mass is 414 g/mol. The summed E-state index contributed by atoms with van der Waals surface area (Å²) in [6, 6.07) is 28.9. The van der Waals surface area contributed by atoms with Crippen molar-refractivity contribution in [2.45, 2.75) is 6.61 Å². The van der Waals surface area contributed by atoms with Crippen LogP contribution in [0, 0.1) is 0 Å².